The van der Waals surface area contributed by atoms with E-state index < -0.39 is 10.0 Å². The maximum Gasteiger partial charge on any atom is 0.244 e. The Morgan fingerprint density at radius 1 is 1.40 bits per heavy atom. The van der Waals surface area contributed by atoms with Crippen molar-refractivity contribution >= 4 is 21.6 Å². The van der Waals surface area contributed by atoms with E-state index in [9.17, 15) is 8.42 Å². The van der Waals surface area contributed by atoms with Crippen LogP contribution < -0.4 is 0 Å². The lowest BCUT2D eigenvalue weighted by Gasteiger charge is -2.28. The first-order valence-corrected chi connectivity index (χ1v) is 8.72. The van der Waals surface area contributed by atoms with Gasteiger partial charge in [0.1, 0.15) is 0 Å². The number of methoxy groups -OCH3 is 1. The normalized spacial score (nSPS) is 12.5. The number of sulfonamides is 1. The van der Waals surface area contributed by atoms with Gasteiger partial charge in [0.05, 0.1) is 17.4 Å². The number of alkyl halides is 1. The summed E-state index contributed by atoms with van der Waals surface area (Å²) in [7, 11) is -1.95. The molecule has 7 heteroatoms. The van der Waals surface area contributed by atoms with Crippen molar-refractivity contribution in [1.29, 1.82) is 0 Å². The smallest absolute Gasteiger partial charge is 0.244 e. The first-order valence-electron chi connectivity index (χ1n) is 6.75. The average Bonchev–Trinajstić information content (AvgIpc) is 2.93. The van der Waals surface area contributed by atoms with Crippen LogP contribution in [0.2, 0.25) is 0 Å². The van der Waals surface area contributed by atoms with Gasteiger partial charge in [-0.3, -0.25) is 0 Å². The Morgan fingerprint density at radius 2 is 2.05 bits per heavy atom. The second-order valence-electron chi connectivity index (χ2n) is 4.57. The van der Waals surface area contributed by atoms with Crippen molar-refractivity contribution in [3.8, 4) is 0 Å². The van der Waals surface area contributed by atoms with Gasteiger partial charge in [0, 0.05) is 31.6 Å². The number of halogens is 1. The quantitative estimate of drug-likeness (QED) is 0.711. The second-order valence-corrected chi connectivity index (χ2v) is 6.73. The number of hydrogen-bond donors (Lipinski definition) is 1. The number of aromatic amines is 1. The Labute approximate surface area is 126 Å². The Balaban J connectivity index is 3.08. The third-order valence-corrected chi connectivity index (χ3v) is 5.55. The van der Waals surface area contributed by atoms with Gasteiger partial charge in [0.15, 0.2) is 0 Å². The largest absolute Gasteiger partial charge is 0.383 e. The Hall–Kier alpha value is -0.560. The average molecular weight is 323 g/mol. The van der Waals surface area contributed by atoms with Gasteiger partial charge >= 0.3 is 0 Å². The number of nitrogens with one attached hydrogen (secondary N) is 1. The molecule has 0 aromatic carbocycles. The summed E-state index contributed by atoms with van der Waals surface area (Å²) in [6.45, 7) is 4.71. The molecule has 0 aliphatic rings. The van der Waals surface area contributed by atoms with Crippen LogP contribution in [-0.2, 0) is 20.6 Å². The summed E-state index contributed by atoms with van der Waals surface area (Å²) in [4.78, 5) is 3.14. The van der Waals surface area contributed by atoms with Crippen LogP contribution in [0.25, 0.3) is 0 Å². The fourth-order valence-corrected chi connectivity index (χ4v) is 4.09. The lowest BCUT2D eigenvalue weighted by atomic mass is 10.2. The molecule has 0 saturated carbocycles. The Bertz CT molecular complexity index is 497. The molecule has 0 bridgehead atoms. The van der Waals surface area contributed by atoms with Crippen LogP contribution >= 0.6 is 11.6 Å². The molecule has 1 rings (SSSR count). The van der Waals surface area contributed by atoms with Crippen molar-refractivity contribution in [2.24, 2.45) is 0 Å². The van der Waals surface area contributed by atoms with Crippen molar-refractivity contribution < 1.29 is 13.2 Å². The molecule has 5 nitrogen and oxygen atoms in total. The predicted molar refractivity (Wildman–Crippen MR) is 80.5 cm³/mol. The zero-order valence-electron chi connectivity index (χ0n) is 12.2. The molecular weight excluding hydrogens is 300 g/mol. The molecule has 0 aliphatic carbocycles. The van der Waals surface area contributed by atoms with Gasteiger partial charge in [0.25, 0.3) is 0 Å². The molecule has 0 spiro atoms. The molecule has 0 radical (unpaired) electrons. The number of ether oxygens (including phenoxy) is 1. The highest BCUT2D eigenvalue weighted by Crippen LogP contribution is 2.22. The molecule has 0 atom stereocenters. The van der Waals surface area contributed by atoms with Gasteiger partial charge in [-0.2, -0.15) is 4.31 Å². The molecule has 0 fully saturated rings. The minimum Gasteiger partial charge on any atom is -0.383 e. The van der Waals surface area contributed by atoms with E-state index in [1.54, 1.807) is 13.2 Å². The van der Waals surface area contributed by atoms with E-state index in [2.05, 4.69) is 4.98 Å². The summed E-state index contributed by atoms with van der Waals surface area (Å²) in [5.74, 6) is 0.262. The molecule has 0 unspecified atom stereocenters. The maximum atomic E-state index is 12.7. The molecule has 20 heavy (non-hydrogen) atoms. The zero-order chi connectivity index (χ0) is 15.2. The third kappa shape index (κ3) is 3.97. The number of nitrogens with zero attached hydrogens (tertiary/aromatic N) is 1. The number of aromatic nitrogens is 1. The van der Waals surface area contributed by atoms with Crippen LogP contribution in [0, 0.1) is 0 Å². The molecule has 116 valence electrons. The van der Waals surface area contributed by atoms with Gasteiger partial charge in [-0.15, -0.1) is 11.6 Å². The molecule has 0 saturated heterocycles. The highest BCUT2D eigenvalue weighted by Gasteiger charge is 2.30. The Kier molecular flexibility index (Phi) is 7.02. The van der Waals surface area contributed by atoms with Gasteiger partial charge < -0.3 is 9.72 Å². The summed E-state index contributed by atoms with van der Waals surface area (Å²) >= 11 is 5.71. The van der Waals surface area contributed by atoms with E-state index in [-0.39, 0.29) is 16.8 Å². The molecule has 0 amide bonds. The molecule has 1 heterocycles. The summed E-state index contributed by atoms with van der Waals surface area (Å²) in [5, 5.41) is 0. The number of rotatable bonds is 9. The Morgan fingerprint density at radius 3 is 2.50 bits per heavy atom. The fraction of sp³-hybridized carbons (Fsp3) is 0.692. The number of hydrogen-bond acceptors (Lipinski definition) is 3. The van der Waals surface area contributed by atoms with E-state index in [4.69, 9.17) is 16.3 Å². The first kappa shape index (κ1) is 17.5. The highest BCUT2D eigenvalue weighted by atomic mass is 35.5. The summed E-state index contributed by atoms with van der Waals surface area (Å²) in [6, 6.07) is 1.56. The van der Waals surface area contributed by atoms with E-state index in [0.29, 0.717) is 18.8 Å². The lowest BCUT2D eigenvalue weighted by Crippen LogP contribution is -2.41. The van der Waals surface area contributed by atoms with Gasteiger partial charge in [0.2, 0.25) is 10.0 Å². The predicted octanol–water partition coefficient (Wildman–Crippen LogP) is 2.58. The topological polar surface area (TPSA) is 62.4 Å². The minimum absolute atomic E-state index is 0.0236. The van der Waals surface area contributed by atoms with Gasteiger partial charge in [-0.25, -0.2) is 8.42 Å². The van der Waals surface area contributed by atoms with Crippen molar-refractivity contribution in [2.45, 2.75) is 43.5 Å². The standard InChI is InChI=1S/C13H23ClN2O3S/c1-4-12(5-2)16(6-7-19-3)20(17,18)13-8-11(9-14)15-10-13/h8,10,12,15H,4-7,9H2,1-3H3. The highest BCUT2D eigenvalue weighted by molar-refractivity contribution is 7.89. The maximum absolute atomic E-state index is 12.7. The van der Waals surface area contributed by atoms with Crippen LogP contribution in [0.4, 0.5) is 0 Å². The van der Waals surface area contributed by atoms with Crippen LogP contribution in [0.3, 0.4) is 0 Å². The van der Waals surface area contributed by atoms with Crippen molar-refractivity contribution in [2.75, 3.05) is 20.3 Å². The van der Waals surface area contributed by atoms with E-state index in [1.165, 1.54) is 10.5 Å². The van der Waals surface area contributed by atoms with Crippen molar-refractivity contribution in [3.05, 3.63) is 18.0 Å². The summed E-state index contributed by atoms with van der Waals surface area (Å²) in [5.41, 5.74) is 0.696. The molecule has 1 aromatic rings. The lowest BCUT2D eigenvalue weighted by molar-refractivity contribution is 0.163. The molecule has 0 aliphatic heterocycles. The summed E-state index contributed by atoms with van der Waals surface area (Å²) in [6.07, 6.45) is 3.04. The van der Waals surface area contributed by atoms with E-state index in [0.717, 1.165) is 12.8 Å². The minimum atomic E-state index is -3.52. The number of H-pyrrole nitrogens is 1. The van der Waals surface area contributed by atoms with Crippen molar-refractivity contribution in [3.63, 3.8) is 0 Å². The van der Waals surface area contributed by atoms with E-state index >= 15 is 0 Å². The molecule has 1 aromatic heterocycles. The van der Waals surface area contributed by atoms with Crippen LogP contribution in [0.1, 0.15) is 32.4 Å². The SMILES string of the molecule is CCC(CC)N(CCOC)S(=O)(=O)c1c[nH]c(CCl)c1. The summed E-state index contributed by atoms with van der Waals surface area (Å²) < 4.78 is 32.0. The fourth-order valence-electron chi connectivity index (χ4n) is 2.16. The first-order chi connectivity index (χ1) is 9.51. The second kappa shape index (κ2) is 8.02. The van der Waals surface area contributed by atoms with Crippen molar-refractivity contribution in [1.82, 2.24) is 9.29 Å². The molecular formula is C13H23ClN2O3S. The van der Waals surface area contributed by atoms with Crippen LogP contribution in [0.5, 0.6) is 0 Å². The van der Waals surface area contributed by atoms with Gasteiger partial charge in [-0.05, 0) is 18.9 Å². The molecule has 1 N–H and O–H groups in total. The van der Waals surface area contributed by atoms with Crippen LogP contribution in [0.15, 0.2) is 17.2 Å². The van der Waals surface area contributed by atoms with E-state index in [1.807, 2.05) is 13.8 Å². The monoisotopic (exact) mass is 322 g/mol. The van der Waals surface area contributed by atoms with Crippen LogP contribution in [-0.4, -0.2) is 44.0 Å². The third-order valence-electron chi connectivity index (χ3n) is 3.33. The van der Waals surface area contributed by atoms with Gasteiger partial charge in [-0.1, -0.05) is 13.8 Å². The zero-order valence-corrected chi connectivity index (χ0v) is 13.8.